The lowest BCUT2D eigenvalue weighted by atomic mass is 10.1. The summed E-state index contributed by atoms with van der Waals surface area (Å²) in [4.78, 5) is 23.0. The van der Waals surface area contributed by atoms with Crippen LogP contribution >= 0.6 is 11.3 Å². The highest BCUT2D eigenvalue weighted by Crippen LogP contribution is 2.33. The summed E-state index contributed by atoms with van der Waals surface area (Å²) in [5.41, 5.74) is 1.02. The summed E-state index contributed by atoms with van der Waals surface area (Å²) < 4.78 is 0. The van der Waals surface area contributed by atoms with Crippen LogP contribution in [0.15, 0.2) is 5.16 Å². The van der Waals surface area contributed by atoms with E-state index in [1.165, 1.54) is 17.6 Å². The topological polar surface area (TPSA) is 92.9 Å². The molecule has 3 amide bonds. The minimum Gasteiger partial charge on any atom is -0.411 e. The van der Waals surface area contributed by atoms with E-state index in [1.807, 2.05) is 0 Å². The average Bonchev–Trinajstić information content (AvgIpc) is 2.43. The SMILES string of the molecule is Cc1c(C=NO)sc2c1C(=O)[N]C(=O)N2. The molecule has 0 saturated carbocycles. The Morgan fingerprint density at radius 2 is 2.27 bits per heavy atom. The second-order valence-corrected chi connectivity index (χ2v) is 3.94. The second-order valence-electron chi connectivity index (χ2n) is 2.89. The monoisotopic (exact) mass is 224 g/mol. The molecule has 0 spiro atoms. The van der Waals surface area contributed by atoms with Crippen molar-refractivity contribution in [2.45, 2.75) is 6.92 Å². The molecular formula is C8H6N3O3S. The molecule has 1 aliphatic heterocycles. The molecule has 1 aliphatic rings. The van der Waals surface area contributed by atoms with Crippen LogP contribution in [0.4, 0.5) is 9.80 Å². The van der Waals surface area contributed by atoms with Crippen LogP contribution in [0.5, 0.6) is 0 Å². The fourth-order valence-electron chi connectivity index (χ4n) is 1.33. The zero-order chi connectivity index (χ0) is 11.0. The van der Waals surface area contributed by atoms with Crippen LogP contribution in [0.1, 0.15) is 20.8 Å². The number of urea groups is 1. The zero-order valence-electron chi connectivity index (χ0n) is 7.64. The van der Waals surface area contributed by atoms with Crippen molar-refractivity contribution in [3.63, 3.8) is 0 Å². The van der Waals surface area contributed by atoms with E-state index in [0.29, 0.717) is 21.0 Å². The van der Waals surface area contributed by atoms with Gasteiger partial charge in [0.1, 0.15) is 5.00 Å². The Labute approximate surface area is 88.6 Å². The van der Waals surface area contributed by atoms with Crippen LogP contribution in [-0.4, -0.2) is 23.4 Å². The van der Waals surface area contributed by atoms with E-state index < -0.39 is 11.9 Å². The van der Waals surface area contributed by atoms with Crippen LogP contribution in [0.25, 0.3) is 0 Å². The number of carbonyl (C=O) groups excluding carboxylic acids is 2. The van der Waals surface area contributed by atoms with E-state index in [-0.39, 0.29) is 0 Å². The van der Waals surface area contributed by atoms with Crippen LogP contribution in [-0.2, 0) is 0 Å². The number of nitrogens with one attached hydrogen (secondary N) is 1. The van der Waals surface area contributed by atoms with Gasteiger partial charge in [-0.1, -0.05) is 5.16 Å². The third-order valence-electron chi connectivity index (χ3n) is 2.00. The molecule has 0 bridgehead atoms. The van der Waals surface area contributed by atoms with E-state index in [2.05, 4.69) is 15.8 Å². The molecule has 77 valence electrons. The smallest absolute Gasteiger partial charge is 0.349 e. The zero-order valence-corrected chi connectivity index (χ0v) is 8.46. The van der Waals surface area contributed by atoms with E-state index in [4.69, 9.17) is 5.21 Å². The third kappa shape index (κ3) is 1.46. The number of imide groups is 1. The third-order valence-corrected chi connectivity index (χ3v) is 3.14. The number of oxime groups is 1. The first-order valence-electron chi connectivity index (χ1n) is 4.01. The number of nitrogens with zero attached hydrogens (tertiary/aromatic N) is 2. The highest BCUT2D eigenvalue weighted by atomic mass is 32.1. The molecule has 2 N–H and O–H groups in total. The maximum atomic E-state index is 11.4. The minimum absolute atomic E-state index is 0.370. The summed E-state index contributed by atoms with van der Waals surface area (Å²) in [6, 6.07) is -0.666. The summed E-state index contributed by atoms with van der Waals surface area (Å²) in [5, 5.41) is 17.5. The van der Waals surface area contributed by atoms with Gasteiger partial charge >= 0.3 is 6.03 Å². The predicted octanol–water partition coefficient (Wildman–Crippen LogP) is 1.15. The number of hydrogen-bond acceptors (Lipinski definition) is 5. The number of amides is 3. The van der Waals surface area contributed by atoms with Gasteiger partial charge in [-0.15, -0.1) is 11.3 Å². The van der Waals surface area contributed by atoms with Crippen molar-refractivity contribution in [3.8, 4) is 0 Å². The standard InChI is InChI=1S/C8H6N3O3S/c1-3-4(2-9-14)15-7-5(3)6(12)10-8(13)11-7/h2,14H,1H3,(H,11,13). The van der Waals surface area contributed by atoms with Crippen molar-refractivity contribution < 1.29 is 14.8 Å². The highest BCUT2D eigenvalue weighted by Gasteiger charge is 2.29. The van der Waals surface area contributed by atoms with Crippen molar-refractivity contribution in [2.24, 2.45) is 5.16 Å². The molecule has 0 unspecified atom stereocenters. The number of carbonyl (C=O) groups is 2. The first-order chi connectivity index (χ1) is 7.13. The van der Waals surface area contributed by atoms with Crippen molar-refractivity contribution in [1.82, 2.24) is 5.32 Å². The molecule has 2 rings (SSSR count). The van der Waals surface area contributed by atoms with E-state index in [9.17, 15) is 9.59 Å². The Morgan fingerprint density at radius 3 is 2.93 bits per heavy atom. The molecule has 0 aliphatic carbocycles. The van der Waals surface area contributed by atoms with Crippen molar-refractivity contribution in [3.05, 3.63) is 16.0 Å². The van der Waals surface area contributed by atoms with Crippen molar-refractivity contribution in [1.29, 1.82) is 0 Å². The van der Waals surface area contributed by atoms with E-state index in [0.717, 1.165) is 0 Å². The van der Waals surface area contributed by atoms with Gasteiger partial charge in [0.2, 0.25) is 0 Å². The largest absolute Gasteiger partial charge is 0.411 e. The molecule has 0 aromatic carbocycles. The van der Waals surface area contributed by atoms with Crippen LogP contribution < -0.4 is 10.6 Å². The Hall–Kier alpha value is -1.89. The van der Waals surface area contributed by atoms with Gasteiger partial charge in [0.25, 0.3) is 5.91 Å². The molecule has 0 fully saturated rings. The van der Waals surface area contributed by atoms with Crippen LogP contribution in [0.2, 0.25) is 0 Å². The number of fused-ring (bicyclic) bond motifs is 1. The van der Waals surface area contributed by atoms with Gasteiger partial charge < -0.3 is 5.21 Å². The Balaban J connectivity index is 2.57. The first-order valence-corrected chi connectivity index (χ1v) is 4.83. The molecule has 2 heterocycles. The minimum atomic E-state index is -0.666. The molecule has 7 heteroatoms. The molecule has 6 nitrogen and oxygen atoms in total. The Kier molecular flexibility index (Phi) is 2.16. The molecule has 0 atom stereocenters. The lowest BCUT2D eigenvalue weighted by Crippen LogP contribution is -2.33. The number of anilines is 1. The van der Waals surface area contributed by atoms with Gasteiger partial charge in [0, 0.05) is 0 Å². The number of rotatable bonds is 1. The quantitative estimate of drug-likeness (QED) is 0.425. The molecular weight excluding hydrogens is 218 g/mol. The maximum Gasteiger partial charge on any atom is 0.349 e. The van der Waals surface area contributed by atoms with Gasteiger partial charge in [-0.3, -0.25) is 10.1 Å². The van der Waals surface area contributed by atoms with Gasteiger partial charge in [0.15, 0.2) is 0 Å². The van der Waals surface area contributed by atoms with Gasteiger partial charge in [-0.2, -0.15) is 5.32 Å². The Bertz CT molecular complexity index is 478. The molecule has 0 saturated heterocycles. The summed E-state index contributed by atoms with van der Waals surface area (Å²) in [5.74, 6) is -0.555. The van der Waals surface area contributed by atoms with Gasteiger partial charge in [-0.25, -0.2) is 4.79 Å². The Morgan fingerprint density at radius 1 is 1.53 bits per heavy atom. The molecule has 1 aromatic rings. The maximum absolute atomic E-state index is 11.4. The van der Waals surface area contributed by atoms with Crippen LogP contribution in [0.3, 0.4) is 0 Å². The lowest BCUT2D eigenvalue weighted by Gasteiger charge is -2.10. The summed E-state index contributed by atoms with van der Waals surface area (Å²) in [7, 11) is 0. The lowest BCUT2D eigenvalue weighted by molar-refractivity contribution is 0.0960. The predicted molar refractivity (Wildman–Crippen MR) is 53.9 cm³/mol. The molecule has 15 heavy (non-hydrogen) atoms. The molecule has 1 aromatic heterocycles. The van der Waals surface area contributed by atoms with Gasteiger partial charge in [-0.05, 0) is 12.5 Å². The normalized spacial score (nSPS) is 15.0. The van der Waals surface area contributed by atoms with Crippen molar-refractivity contribution in [2.75, 3.05) is 5.32 Å². The molecule has 1 radical (unpaired) electrons. The summed E-state index contributed by atoms with van der Waals surface area (Å²) >= 11 is 1.17. The van der Waals surface area contributed by atoms with Gasteiger partial charge in [0.05, 0.1) is 16.7 Å². The van der Waals surface area contributed by atoms with E-state index in [1.54, 1.807) is 6.92 Å². The number of thiophene rings is 1. The average molecular weight is 224 g/mol. The number of hydrogen-bond donors (Lipinski definition) is 2. The van der Waals surface area contributed by atoms with Crippen LogP contribution in [0, 0.1) is 6.92 Å². The van der Waals surface area contributed by atoms with E-state index >= 15 is 0 Å². The fourth-order valence-corrected chi connectivity index (χ4v) is 2.38. The summed E-state index contributed by atoms with van der Waals surface area (Å²) in [6.07, 6.45) is 1.22. The highest BCUT2D eigenvalue weighted by molar-refractivity contribution is 7.18. The summed E-state index contributed by atoms with van der Waals surface area (Å²) in [6.45, 7) is 1.71. The van der Waals surface area contributed by atoms with Crippen molar-refractivity contribution >= 4 is 34.5 Å². The second kappa shape index (κ2) is 3.35. The first kappa shape index (κ1) is 9.66. The fraction of sp³-hybridized carbons (Fsp3) is 0.125.